The fraction of sp³-hybridized carbons (Fsp3) is 0.562. The summed E-state index contributed by atoms with van der Waals surface area (Å²) in [5, 5.41) is 12.4. The van der Waals surface area contributed by atoms with Crippen molar-refractivity contribution >= 4 is 11.6 Å². The van der Waals surface area contributed by atoms with Gasteiger partial charge in [-0.05, 0) is 18.1 Å². The number of fused-ring (bicyclic) bond motifs is 1. The molecule has 0 aromatic heterocycles. The second-order valence-electron chi connectivity index (χ2n) is 5.33. The summed E-state index contributed by atoms with van der Waals surface area (Å²) in [5.41, 5.74) is 2.38. The highest BCUT2D eigenvalue weighted by molar-refractivity contribution is 5.78. The van der Waals surface area contributed by atoms with E-state index >= 15 is 0 Å². The SMILES string of the molecule is CCCCN(CCO)C(=O)CC1CNc2ccccc21. The maximum absolute atomic E-state index is 12.4. The summed E-state index contributed by atoms with van der Waals surface area (Å²) in [6.07, 6.45) is 2.57. The number of aliphatic hydroxyl groups excluding tert-OH is 1. The molecule has 0 aliphatic carbocycles. The Hall–Kier alpha value is -1.55. The van der Waals surface area contributed by atoms with Gasteiger partial charge in [0.2, 0.25) is 5.91 Å². The zero-order valence-electron chi connectivity index (χ0n) is 12.1. The molecular formula is C16H24N2O2. The fourth-order valence-electron chi connectivity index (χ4n) is 2.71. The molecule has 20 heavy (non-hydrogen) atoms. The number of benzene rings is 1. The van der Waals surface area contributed by atoms with Gasteiger partial charge in [-0.2, -0.15) is 0 Å². The number of para-hydroxylation sites is 1. The number of rotatable bonds is 7. The van der Waals surface area contributed by atoms with Gasteiger partial charge in [0.25, 0.3) is 0 Å². The number of amides is 1. The average molecular weight is 276 g/mol. The Kier molecular flexibility index (Phi) is 5.41. The average Bonchev–Trinajstić information content (AvgIpc) is 2.87. The smallest absolute Gasteiger partial charge is 0.223 e. The van der Waals surface area contributed by atoms with Crippen LogP contribution in [-0.4, -0.2) is 42.2 Å². The number of nitrogens with zero attached hydrogens (tertiary/aromatic N) is 1. The molecule has 0 saturated carbocycles. The van der Waals surface area contributed by atoms with Crippen LogP contribution < -0.4 is 5.32 Å². The van der Waals surface area contributed by atoms with Crippen LogP contribution in [0.1, 0.15) is 37.7 Å². The molecule has 0 fully saturated rings. The molecular weight excluding hydrogens is 252 g/mol. The Morgan fingerprint density at radius 1 is 1.40 bits per heavy atom. The van der Waals surface area contributed by atoms with Crippen molar-refractivity contribution in [3.05, 3.63) is 29.8 Å². The number of carbonyl (C=O) groups excluding carboxylic acids is 1. The third-order valence-electron chi connectivity index (χ3n) is 3.86. The minimum Gasteiger partial charge on any atom is -0.395 e. The van der Waals surface area contributed by atoms with Gasteiger partial charge in [0.1, 0.15) is 0 Å². The van der Waals surface area contributed by atoms with Crippen LogP contribution in [0.4, 0.5) is 5.69 Å². The zero-order valence-corrected chi connectivity index (χ0v) is 12.1. The molecule has 110 valence electrons. The van der Waals surface area contributed by atoms with E-state index < -0.39 is 0 Å². The maximum Gasteiger partial charge on any atom is 0.223 e. The Balaban J connectivity index is 1.96. The highest BCUT2D eigenvalue weighted by Crippen LogP contribution is 2.33. The van der Waals surface area contributed by atoms with Crippen LogP contribution in [0.5, 0.6) is 0 Å². The quantitative estimate of drug-likeness (QED) is 0.803. The van der Waals surface area contributed by atoms with Crippen molar-refractivity contribution in [1.29, 1.82) is 0 Å². The van der Waals surface area contributed by atoms with Crippen LogP contribution in [-0.2, 0) is 4.79 Å². The summed E-state index contributed by atoms with van der Waals surface area (Å²) >= 11 is 0. The number of unbranched alkanes of at least 4 members (excludes halogenated alkanes) is 1. The monoisotopic (exact) mass is 276 g/mol. The first-order valence-electron chi connectivity index (χ1n) is 7.47. The summed E-state index contributed by atoms with van der Waals surface area (Å²) in [6, 6.07) is 8.18. The van der Waals surface area contributed by atoms with Gasteiger partial charge in [0.15, 0.2) is 0 Å². The van der Waals surface area contributed by atoms with Crippen molar-refractivity contribution in [2.75, 3.05) is 31.6 Å². The van der Waals surface area contributed by atoms with E-state index in [0.717, 1.165) is 31.6 Å². The molecule has 2 N–H and O–H groups in total. The lowest BCUT2D eigenvalue weighted by Crippen LogP contribution is -2.35. The van der Waals surface area contributed by atoms with Gasteiger partial charge < -0.3 is 15.3 Å². The molecule has 4 nitrogen and oxygen atoms in total. The van der Waals surface area contributed by atoms with Gasteiger partial charge in [0.05, 0.1) is 6.61 Å². The molecule has 2 rings (SSSR count). The zero-order chi connectivity index (χ0) is 14.4. The van der Waals surface area contributed by atoms with E-state index in [1.807, 2.05) is 12.1 Å². The summed E-state index contributed by atoms with van der Waals surface area (Å²) in [4.78, 5) is 14.2. The number of aliphatic hydroxyl groups is 1. The van der Waals surface area contributed by atoms with Crippen molar-refractivity contribution in [1.82, 2.24) is 4.90 Å². The predicted molar refractivity (Wildman–Crippen MR) is 80.9 cm³/mol. The lowest BCUT2D eigenvalue weighted by molar-refractivity contribution is -0.132. The molecule has 0 saturated heterocycles. The summed E-state index contributed by atoms with van der Waals surface area (Å²) in [5.74, 6) is 0.400. The highest BCUT2D eigenvalue weighted by Gasteiger charge is 2.25. The summed E-state index contributed by atoms with van der Waals surface area (Å²) < 4.78 is 0. The third-order valence-corrected chi connectivity index (χ3v) is 3.86. The van der Waals surface area contributed by atoms with Crippen molar-refractivity contribution in [2.24, 2.45) is 0 Å². The lowest BCUT2D eigenvalue weighted by atomic mass is 9.97. The molecule has 1 unspecified atom stereocenters. The Labute approximate surface area is 120 Å². The molecule has 0 spiro atoms. The third kappa shape index (κ3) is 3.51. The van der Waals surface area contributed by atoms with Crippen molar-refractivity contribution in [3.63, 3.8) is 0 Å². The first-order chi connectivity index (χ1) is 9.76. The minimum absolute atomic E-state index is 0.0367. The number of carbonyl (C=O) groups is 1. The van der Waals surface area contributed by atoms with E-state index in [1.54, 1.807) is 4.90 Å². The molecule has 1 heterocycles. The first kappa shape index (κ1) is 14.9. The molecule has 1 aliphatic heterocycles. The number of anilines is 1. The van der Waals surface area contributed by atoms with E-state index in [0.29, 0.717) is 13.0 Å². The van der Waals surface area contributed by atoms with Crippen LogP contribution >= 0.6 is 0 Å². The van der Waals surface area contributed by atoms with Gasteiger partial charge in [0, 0.05) is 37.7 Å². The maximum atomic E-state index is 12.4. The molecule has 0 bridgehead atoms. The van der Waals surface area contributed by atoms with Crippen LogP contribution in [0.15, 0.2) is 24.3 Å². The Morgan fingerprint density at radius 2 is 2.20 bits per heavy atom. The van der Waals surface area contributed by atoms with Crippen LogP contribution in [0.25, 0.3) is 0 Å². The first-order valence-corrected chi connectivity index (χ1v) is 7.47. The molecule has 1 aromatic carbocycles. The second kappa shape index (κ2) is 7.29. The molecule has 1 aliphatic rings. The number of hydrogen-bond donors (Lipinski definition) is 2. The van der Waals surface area contributed by atoms with Gasteiger partial charge in [-0.1, -0.05) is 31.5 Å². The standard InChI is InChI=1S/C16H24N2O2/c1-2-3-8-18(9-10-19)16(20)11-13-12-17-15-7-5-4-6-14(13)15/h4-7,13,17,19H,2-3,8-12H2,1H3. The van der Waals surface area contributed by atoms with Crippen molar-refractivity contribution < 1.29 is 9.90 Å². The fourth-order valence-corrected chi connectivity index (χ4v) is 2.71. The topological polar surface area (TPSA) is 52.6 Å². The van der Waals surface area contributed by atoms with E-state index in [2.05, 4.69) is 24.4 Å². The lowest BCUT2D eigenvalue weighted by Gasteiger charge is -2.23. The van der Waals surface area contributed by atoms with Crippen molar-refractivity contribution in [3.8, 4) is 0 Å². The van der Waals surface area contributed by atoms with Gasteiger partial charge in [-0.3, -0.25) is 4.79 Å². The summed E-state index contributed by atoms with van der Waals surface area (Å²) in [7, 11) is 0. The molecule has 1 atom stereocenters. The Bertz CT molecular complexity index is 448. The Morgan fingerprint density at radius 3 is 2.95 bits per heavy atom. The second-order valence-corrected chi connectivity index (χ2v) is 5.33. The van der Waals surface area contributed by atoms with E-state index in [-0.39, 0.29) is 18.4 Å². The molecule has 1 aromatic rings. The predicted octanol–water partition coefficient (Wildman–Crippen LogP) is 2.21. The molecule has 4 heteroatoms. The summed E-state index contributed by atoms with van der Waals surface area (Å²) in [6.45, 7) is 4.16. The van der Waals surface area contributed by atoms with E-state index in [9.17, 15) is 4.79 Å². The van der Waals surface area contributed by atoms with Crippen LogP contribution in [0, 0.1) is 0 Å². The van der Waals surface area contributed by atoms with Gasteiger partial charge >= 0.3 is 0 Å². The number of nitrogens with one attached hydrogen (secondary N) is 1. The number of hydrogen-bond acceptors (Lipinski definition) is 3. The molecule has 1 amide bonds. The van der Waals surface area contributed by atoms with Crippen LogP contribution in [0.3, 0.4) is 0 Å². The van der Waals surface area contributed by atoms with E-state index in [4.69, 9.17) is 5.11 Å². The minimum atomic E-state index is 0.0367. The largest absolute Gasteiger partial charge is 0.395 e. The van der Waals surface area contributed by atoms with Crippen molar-refractivity contribution in [2.45, 2.75) is 32.1 Å². The molecule has 0 radical (unpaired) electrons. The van der Waals surface area contributed by atoms with Gasteiger partial charge in [-0.15, -0.1) is 0 Å². The van der Waals surface area contributed by atoms with Gasteiger partial charge in [-0.25, -0.2) is 0 Å². The van der Waals surface area contributed by atoms with E-state index in [1.165, 1.54) is 5.56 Å². The van der Waals surface area contributed by atoms with Crippen LogP contribution in [0.2, 0.25) is 0 Å². The highest BCUT2D eigenvalue weighted by atomic mass is 16.3. The normalized spacial score (nSPS) is 16.6.